The first kappa shape index (κ1) is 18.3. The van der Waals surface area contributed by atoms with Crippen molar-refractivity contribution in [3.63, 3.8) is 0 Å². The van der Waals surface area contributed by atoms with Gasteiger partial charge in [0.05, 0.1) is 13.2 Å². The molecule has 4 N–H and O–H groups in total. The van der Waals surface area contributed by atoms with Gasteiger partial charge in [-0.05, 0) is 35.7 Å². The second kappa shape index (κ2) is 8.64. The average molecular weight is 323 g/mol. The number of benzene rings is 1. The Hall–Kier alpha value is -2.74. The molecule has 0 aliphatic rings. The quantitative estimate of drug-likeness (QED) is 0.246. The molecular weight excluding hydrogens is 306 g/mol. The molecule has 0 aliphatic carbocycles. The van der Waals surface area contributed by atoms with E-state index in [1.165, 1.54) is 25.3 Å². The zero-order valence-electron chi connectivity index (χ0n) is 12.3. The largest absolute Gasteiger partial charge is 0.504 e. The van der Waals surface area contributed by atoms with Gasteiger partial charge in [-0.25, -0.2) is 4.79 Å². The molecule has 1 aromatic carbocycles. The molecule has 0 spiro atoms. The fraction of sp³-hybridized carbons (Fsp3) is 0.357. The standard InChI is InChI=1S/C14H17N3O6/c1-23-11-7-8(2-3-12(19)20)6-9(14(11)22)13(21)10(18)4-5-16-17-15/h2-3,6-7,10,13,18,21-22H,4-5H2,1H3,(H,19,20). The van der Waals surface area contributed by atoms with Crippen LogP contribution < -0.4 is 4.74 Å². The molecule has 0 radical (unpaired) electrons. The fourth-order valence-corrected chi connectivity index (χ4v) is 1.90. The summed E-state index contributed by atoms with van der Waals surface area (Å²) in [4.78, 5) is 13.1. The molecular formula is C14H17N3O6. The van der Waals surface area contributed by atoms with Gasteiger partial charge in [-0.15, -0.1) is 0 Å². The molecule has 1 aromatic rings. The van der Waals surface area contributed by atoms with Crippen molar-refractivity contribution in [1.82, 2.24) is 0 Å². The lowest BCUT2D eigenvalue weighted by Gasteiger charge is -2.20. The van der Waals surface area contributed by atoms with Gasteiger partial charge in [-0.3, -0.25) is 0 Å². The monoisotopic (exact) mass is 323 g/mol. The molecule has 2 unspecified atom stereocenters. The van der Waals surface area contributed by atoms with Crippen molar-refractivity contribution in [1.29, 1.82) is 0 Å². The van der Waals surface area contributed by atoms with Gasteiger partial charge < -0.3 is 25.2 Å². The molecule has 0 heterocycles. The number of aliphatic hydroxyl groups is 2. The molecule has 1 rings (SSSR count). The van der Waals surface area contributed by atoms with E-state index in [2.05, 4.69) is 10.0 Å². The van der Waals surface area contributed by atoms with Crippen LogP contribution in [0.1, 0.15) is 23.7 Å². The Morgan fingerprint density at radius 3 is 2.74 bits per heavy atom. The van der Waals surface area contributed by atoms with Gasteiger partial charge in [0.25, 0.3) is 0 Å². The van der Waals surface area contributed by atoms with Crippen LogP contribution in [0.25, 0.3) is 16.5 Å². The van der Waals surface area contributed by atoms with Crippen LogP contribution >= 0.6 is 0 Å². The SMILES string of the molecule is COc1cc(C=CC(=O)O)cc(C(O)C(O)CCN=[N+]=[N-])c1O. The predicted octanol–water partition coefficient (Wildman–Crippen LogP) is 1.59. The number of nitrogens with zero attached hydrogens (tertiary/aromatic N) is 3. The number of hydrogen-bond acceptors (Lipinski definition) is 6. The summed E-state index contributed by atoms with van der Waals surface area (Å²) in [6.07, 6.45) is -0.611. The maximum atomic E-state index is 10.6. The van der Waals surface area contributed by atoms with E-state index in [4.69, 9.17) is 15.4 Å². The molecule has 0 fully saturated rings. The van der Waals surface area contributed by atoms with Crippen molar-refractivity contribution < 1.29 is 30.0 Å². The summed E-state index contributed by atoms with van der Waals surface area (Å²) in [6, 6.07) is 2.72. The fourth-order valence-electron chi connectivity index (χ4n) is 1.90. The number of carboxylic acids is 1. The first-order valence-corrected chi connectivity index (χ1v) is 6.59. The normalized spacial score (nSPS) is 13.3. The van der Waals surface area contributed by atoms with E-state index in [0.717, 1.165) is 6.08 Å². The minimum atomic E-state index is -1.46. The number of methoxy groups -OCH3 is 1. The van der Waals surface area contributed by atoms with Gasteiger partial charge >= 0.3 is 5.97 Å². The summed E-state index contributed by atoms with van der Waals surface area (Å²) < 4.78 is 4.97. The highest BCUT2D eigenvalue weighted by molar-refractivity contribution is 5.85. The van der Waals surface area contributed by atoms with E-state index >= 15 is 0 Å². The average Bonchev–Trinajstić information content (AvgIpc) is 2.53. The van der Waals surface area contributed by atoms with E-state index in [1.807, 2.05) is 0 Å². The van der Waals surface area contributed by atoms with Crippen LogP contribution in [-0.2, 0) is 4.79 Å². The zero-order chi connectivity index (χ0) is 17.4. The van der Waals surface area contributed by atoms with E-state index in [1.54, 1.807) is 0 Å². The van der Waals surface area contributed by atoms with Gasteiger partial charge in [0.2, 0.25) is 0 Å². The first-order valence-electron chi connectivity index (χ1n) is 6.59. The van der Waals surface area contributed by atoms with Crippen molar-refractivity contribution in [3.05, 3.63) is 39.8 Å². The van der Waals surface area contributed by atoms with E-state index < -0.39 is 18.2 Å². The third-order valence-corrected chi connectivity index (χ3v) is 3.04. The number of aromatic hydroxyl groups is 1. The molecule has 0 saturated heterocycles. The molecule has 0 amide bonds. The van der Waals surface area contributed by atoms with Crippen molar-refractivity contribution in [2.24, 2.45) is 5.11 Å². The van der Waals surface area contributed by atoms with Gasteiger partial charge in [0.1, 0.15) is 6.10 Å². The lowest BCUT2D eigenvalue weighted by Crippen LogP contribution is -2.19. The van der Waals surface area contributed by atoms with Crippen molar-refractivity contribution in [2.45, 2.75) is 18.6 Å². The number of carbonyl (C=O) groups is 1. The summed E-state index contributed by atoms with van der Waals surface area (Å²) in [7, 11) is 1.30. The number of aliphatic hydroxyl groups excluding tert-OH is 2. The Bertz CT molecular complexity index is 640. The number of aliphatic carboxylic acids is 1. The summed E-state index contributed by atoms with van der Waals surface area (Å²) in [5.41, 5.74) is 8.52. The van der Waals surface area contributed by atoms with Crippen LogP contribution in [0.4, 0.5) is 0 Å². The topological polar surface area (TPSA) is 156 Å². The van der Waals surface area contributed by atoms with Crippen LogP contribution in [0.15, 0.2) is 23.3 Å². The summed E-state index contributed by atoms with van der Waals surface area (Å²) in [5, 5.41) is 42.0. The van der Waals surface area contributed by atoms with Crippen LogP contribution in [-0.4, -0.2) is 46.2 Å². The number of azide groups is 1. The maximum Gasteiger partial charge on any atom is 0.328 e. The van der Waals surface area contributed by atoms with Gasteiger partial charge in [-0.2, -0.15) is 0 Å². The Kier molecular flexibility index (Phi) is 6.88. The van der Waals surface area contributed by atoms with Gasteiger partial charge in [0, 0.05) is 23.1 Å². The molecule has 9 heteroatoms. The zero-order valence-corrected chi connectivity index (χ0v) is 12.3. The van der Waals surface area contributed by atoms with Crippen LogP contribution in [0.5, 0.6) is 11.5 Å². The molecule has 23 heavy (non-hydrogen) atoms. The van der Waals surface area contributed by atoms with Crippen LogP contribution in [0, 0.1) is 0 Å². The highest BCUT2D eigenvalue weighted by Gasteiger charge is 2.23. The van der Waals surface area contributed by atoms with E-state index in [-0.39, 0.29) is 30.0 Å². The van der Waals surface area contributed by atoms with Gasteiger partial charge in [-0.1, -0.05) is 5.11 Å². The van der Waals surface area contributed by atoms with Crippen LogP contribution in [0.3, 0.4) is 0 Å². The number of phenolic OH excluding ortho intramolecular Hbond substituents is 1. The highest BCUT2D eigenvalue weighted by Crippen LogP contribution is 2.37. The first-order chi connectivity index (χ1) is 10.9. The molecule has 0 saturated carbocycles. The minimum absolute atomic E-state index is 0.0117. The number of rotatable bonds is 8. The molecule has 9 nitrogen and oxygen atoms in total. The third kappa shape index (κ3) is 5.19. The predicted molar refractivity (Wildman–Crippen MR) is 80.9 cm³/mol. The summed E-state index contributed by atoms with van der Waals surface area (Å²) >= 11 is 0. The number of carboxylic acid groups (broad SMARTS) is 1. The maximum absolute atomic E-state index is 10.6. The Labute approximate surface area is 131 Å². The minimum Gasteiger partial charge on any atom is -0.504 e. The molecule has 0 aliphatic heterocycles. The smallest absolute Gasteiger partial charge is 0.328 e. The number of hydrogen-bond donors (Lipinski definition) is 4. The molecule has 0 bridgehead atoms. The third-order valence-electron chi connectivity index (χ3n) is 3.04. The Morgan fingerprint density at radius 2 is 2.17 bits per heavy atom. The number of phenols is 1. The Balaban J connectivity index is 3.14. The lowest BCUT2D eigenvalue weighted by atomic mass is 9.98. The molecule has 2 atom stereocenters. The van der Waals surface area contributed by atoms with Crippen LogP contribution in [0.2, 0.25) is 0 Å². The second-order valence-corrected chi connectivity index (χ2v) is 4.59. The Morgan fingerprint density at radius 1 is 1.48 bits per heavy atom. The van der Waals surface area contributed by atoms with E-state index in [0.29, 0.717) is 5.56 Å². The van der Waals surface area contributed by atoms with Crippen molar-refractivity contribution in [3.8, 4) is 11.5 Å². The summed E-state index contributed by atoms with van der Waals surface area (Å²) in [6.45, 7) is -0.0226. The summed E-state index contributed by atoms with van der Waals surface area (Å²) in [5.74, 6) is -1.50. The highest BCUT2D eigenvalue weighted by atomic mass is 16.5. The van der Waals surface area contributed by atoms with Crippen molar-refractivity contribution in [2.75, 3.05) is 13.7 Å². The molecule has 0 aromatic heterocycles. The van der Waals surface area contributed by atoms with Gasteiger partial charge in [0.15, 0.2) is 11.5 Å². The number of ether oxygens (including phenoxy) is 1. The van der Waals surface area contributed by atoms with Crippen molar-refractivity contribution >= 4 is 12.0 Å². The molecule has 124 valence electrons. The second-order valence-electron chi connectivity index (χ2n) is 4.59. The lowest BCUT2D eigenvalue weighted by molar-refractivity contribution is -0.131. The van der Waals surface area contributed by atoms with E-state index in [9.17, 15) is 20.1 Å².